The number of hydrogen-bond donors (Lipinski definition) is 1. The number of rotatable bonds is 7. The molecule has 0 bridgehead atoms. The average molecular weight is 276 g/mol. The molecule has 0 spiro atoms. The molecule has 1 fully saturated rings. The third-order valence-corrected chi connectivity index (χ3v) is 3.84. The Morgan fingerprint density at radius 1 is 1.25 bits per heavy atom. The maximum Gasteiger partial charge on any atom is 0.128 e. The van der Waals surface area contributed by atoms with E-state index >= 15 is 0 Å². The van der Waals surface area contributed by atoms with Crippen LogP contribution >= 0.6 is 0 Å². The van der Waals surface area contributed by atoms with Crippen LogP contribution in [0.3, 0.4) is 0 Å². The van der Waals surface area contributed by atoms with Crippen molar-refractivity contribution in [2.45, 2.75) is 20.3 Å². The second kappa shape index (κ2) is 8.22. The van der Waals surface area contributed by atoms with E-state index in [-0.39, 0.29) is 0 Å². The summed E-state index contributed by atoms with van der Waals surface area (Å²) in [6.07, 6.45) is 3.10. The fourth-order valence-electron chi connectivity index (χ4n) is 2.73. The van der Waals surface area contributed by atoms with Gasteiger partial charge >= 0.3 is 0 Å². The van der Waals surface area contributed by atoms with Crippen LogP contribution in [0.5, 0.6) is 0 Å². The summed E-state index contributed by atoms with van der Waals surface area (Å²) < 4.78 is 0. The zero-order chi connectivity index (χ0) is 14.2. The van der Waals surface area contributed by atoms with Crippen molar-refractivity contribution in [2.24, 2.45) is 5.92 Å². The summed E-state index contributed by atoms with van der Waals surface area (Å²) in [6.45, 7) is 12.5. The van der Waals surface area contributed by atoms with Crippen molar-refractivity contribution in [3.63, 3.8) is 0 Å². The Labute approximate surface area is 123 Å². The van der Waals surface area contributed by atoms with Crippen LogP contribution < -0.4 is 10.2 Å². The zero-order valence-electron chi connectivity index (χ0n) is 12.9. The van der Waals surface area contributed by atoms with Crippen molar-refractivity contribution in [2.75, 3.05) is 50.7 Å². The van der Waals surface area contributed by atoms with Gasteiger partial charge in [-0.05, 0) is 37.6 Å². The first kappa shape index (κ1) is 15.3. The minimum absolute atomic E-state index is 0.725. The maximum absolute atomic E-state index is 4.44. The summed E-state index contributed by atoms with van der Waals surface area (Å²) >= 11 is 0. The molecule has 0 aromatic carbocycles. The third-order valence-electron chi connectivity index (χ3n) is 3.84. The van der Waals surface area contributed by atoms with Crippen molar-refractivity contribution in [3.05, 3.63) is 24.4 Å². The van der Waals surface area contributed by atoms with Gasteiger partial charge in [-0.3, -0.25) is 4.90 Å². The van der Waals surface area contributed by atoms with Crippen molar-refractivity contribution in [3.8, 4) is 0 Å². The van der Waals surface area contributed by atoms with Crippen LogP contribution in [-0.4, -0.2) is 55.7 Å². The molecular weight excluding hydrogens is 248 g/mol. The monoisotopic (exact) mass is 276 g/mol. The molecule has 2 rings (SSSR count). The van der Waals surface area contributed by atoms with Gasteiger partial charge in [0.1, 0.15) is 5.82 Å². The smallest absolute Gasteiger partial charge is 0.128 e. The molecule has 0 amide bonds. The minimum atomic E-state index is 0.725. The zero-order valence-corrected chi connectivity index (χ0v) is 12.9. The predicted molar refractivity (Wildman–Crippen MR) is 85.2 cm³/mol. The van der Waals surface area contributed by atoms with Crippen molar-refractivity contribution >= 4 is 5.82 Å². The van der Waals surface area contributed by atoms with Gasteiger partial charge in [-0.2, -0.15) is 0 Å². The van der Waals surface area contributed by atoms with Crippen LogP contribution in [-0.2, 0) is 0 Å². The molecule has 2 heterocycles. The lowest BCUT2D eigenvalue weighted by Crippen LogP contribution is -2.48. The molecule has 0 saturated carbocycles. The van der Waals surface area contributed by atoms with E-state index in [1.165, 1.54) is 13.0 Å². The molecule has 1 atom stereocenters. The van der Waals surface area contributed by atoms with Gasteiger partial charge in [0.2, 0.25) is 0 Å². The van der Waals surface area contributed by atoms with Gasteiger partial charge in [0.15, 0.2) is 0 Å². The summed E-state index contributed by atoms with van der Waals surface area (Å²) in [5.74, 6) is 1.84. The highest BCUT2D eigenvalue weighted by molar-refractivity contribution is 5.38. The van der Waals surface area contributed by atoms with E-state index in [2.05, 4.69) is 46.1 Å². The molecule has 1 aliphatic rings. The number of nitrogens with zero attached hydrogens (tertiary/aromatic N) is 3. The summed E-state index contributed by atoms with van der Waals surface area (Å²) in [7, 11) is 0. The molecule has 1 aromatic heterocycles. The lowest BCUT2D eigenvalue weighted by molar-refractivity contribution is 0.222. The van der Waals surface area contributed by atoms with E-state index in [9.17, 15) is 0 Å². The largest absolute Gasteiger partial charge is 0.354 e. The molecule has 4 heteroatoms. The van der Waals surface area contributed by atoms with Gasteiger partial charge in [-0.15, -0.1) is 0 Å². The lowest BCUT2D eigenvalue weighted by Gasteiger charge is -2.36. The number of hydrogen-bond acceptors (Lipinski definition) is 4. The first-order chi connectivity index (χ1) is 9.79. The molecule has 1 saturated heterocycles. The number of anilines is 1. The van der Waals surface area contributed by atoms with Gasteiger partial charge in [-0.1, -0.05) is 19.9 Å². The fourth-order valence-corrected chi connectivity index (χ4v) is 2.73. The molecule has 1 N–H and O–H groups in total. The Hall–Kier alpha value is -1.13. The van der Waals surface area contributed by atoms with E-state index in [4.69, 9.17) is 0 Å². The molecule has 20 heavy (non-hydrogen) atoms. The topological polar surface area (TPSA) is 31.4 Å². The van der Waals surface area contributed by atoms with Crippen LogP contribution in [0.1, 0.15) is 20.3 Å². The third kappa shape index (κ3) is 4.76. The lowest BCUT2D eigenvalue weighted by atomic mass is 10.1. The van der Waals surface area contributed by atoms with Crippen LogP contribution in [0.2, 0.25) is 0 Å². The summed E-state index contributed by atoms with van der Waals surface area (Å²) in [6, 6.07) is 6.15. The Morgan fingerprint density at radius 3 is 2.70 bits per heavy atom. The quantitative estimate of drug-likeness (QED) is 0.770. The Morgan fingerprint density at radius 2 is 2.05 bits per heavy atom. The van der Waals surface area contributed by atoms with E-state index in [0.717, 1.165) is 51.0 Å². The van der Waals surface area contributed by atoms with Gasteiger partial charge in [0.25, 0.3) is 0 Å². The fraction of sp³-hybridized carbons (Fsp3) is 0.688. The normalized spacial score (nSPS) is 18.2. The van der Waals surface area contributed by atoms with Gasteiger partial charge in [0, 0.05) is 38.9 Å². The Balaban J connectivity index is 1.69. The van der Waals surface area contributed by atoms with E-state index < -0.39 is 0 Å². The van der Waals surface area contributed by atoms with E-state index in [0.29, 0.717) is 0 Å². The van der Waals surface area contributed by atoms with Crippen LogP contribution in [0.25, 0.3) is 0 Å². The molecule has 1 aromatic rings. The second-order valence-electron chi connectivity index (χ2n) is 5.78. The van der Waals surface area contributed by atoms with Crippen molar-refractivity contribution < 1.29 is 0 Å². The van der Waals surface area contributed by atoms with E-state index in [1.807, 2.05) is 12.3 Å². The molecular formula is C16H28N4. The first-order valence-corrected chi connectivity index (χ1v) is 7.88. The molecule has 1 unspecified atom stereocenters. The second-order valence-corrected chi connectivity index (χ2v) is 5.78. The number of piperazine rings is 1. The van der Waals surface area contributed by atoms with Crippen LogP contribution in [0, 0.1) is 5.92 Å². The van der Waals surface area contributed by atoms with Crippen LogP contribution in [0.4, 0.5) is 5.82 Å². The standard InChI is InChI=1S/C16H28N4/c1-3-7-17-13-15(2)14-19-9-11-20(12-10-19)16-6-4-5-8-18-16/h4-6,8,15,17H,3,7,9-14H2,1-2H3. The Bertz CT molecular complexity index is 360. The number of nitrogens with one attached hydrogen (secondary N) is 1. The van der Waals surface area contributed by atoms with Gasteiger partial charge < -0.3 is 10.2 Å². The molecule has 1 aliphatic heterocycles. The highest BCUT2D eigenvalue weighted by atomic mass is 15.3. The average Bonchev–Trinajstić information content (AvgIpc) is 2.49. The van der Waals surface area contributed by atoms with Gasteiger partial charge in [-0.25, -0.2) is 4.98 Å². The first-order valence-electron chi connectivity index (χ1n) is 7.88. The maximum atomic E-state index is 4.44. The predicted octanol–water partition coefficient (Wildman–Crippen LogP) is 1.84. The molecule has 0 radical (unpaired) electrons. The Kier molecular flexibility index (Phi) is 6.27. The highest BCUT2D eigenvalue weighted by Crippen LogP contribution is 2.13. The molecule has 112 valence electrons. The van der Waals surface area contributed by atoms with Crippen molar-refractivity contribution in [1.29, 1.82) is 0 Å². The van der Waals surface area contributed by atoms with Crippen LogP contribution in [0.15, 0.2) is 24.4 Å². The SMILES string of the molecule is CCCNCC(C)CN1CCN(c2ccccn2)CC1. The number of aromatic nitrogens is 1. The molecule has 0 aliphatic carbocycles. The summed E-state index contributed by atoms with van der Waals surface area (Å²) in [5.41, 5.74) is 0. The number of pyridine rings is 1. The summed E-state index contributed by atoms with van der Waals surface area (Å²) in [5, 5.41) is 3.51. The van der Waals surface area contributed by atoms with E-state index in [1.54, 1.807) is 0 Å². The summed E-state index contributed by atoms with van der Waals surface area (Å²) in [4.78, 5) is 9.40. The highest BCUT2D eigenvalue weighted by Gasteiger charge is 2.18. The molecule has 4 nitrogen and oxygen atoms in total. The van der Waals surface area contributed by atoms with Gasteiger partial charge in [0.05, 0.1) is 0 Å². The minimum Gasteiger partial charge on any atom is -0.354 e. The van der Waals surface area contributed by atoms with Crippen molar-refractivity contribution in [1.82, 2.24) is 15.2 Å².